The highest BCUT2D eigenvalue weighted by atomic mass is 16.7. The summed E-state index contributed by atoms with van der Waals surface area (Å²) in [6.07, 6.45) is -3.04. The van der Waals surface area contributed by atoms with Gasteiger partial charge in [0, 0.05) is 18.2 Å². The van der Waals surface area contributed by atoms with Gasteiger partial charge in [0.1, 0.15) is 35.9 Å². The smallest absolute Gasteiger partial charge is 0.231 e. The Morgan fingerprint density at radius 2 is 1.55 bits per heavy atom. The predicted molar refractivity (Wildman–Crippen MR) is 144 cm³/mol. The van der Waals surface area contributed by atoms with Crippen LogP contribution in [-0.4, -0.2) is 72.1 Å². The van der Waals surface area contributed by atoms with E-state index in [2.05, 4.69) is 0 Å². The molecular formula is C30H29N3O7. The van der Waals surface area contributed by atoms with E-state index < -0.39 is 37.3 Å². The summed E-state index contributed by atoms with van der Waals surface area (Å²) >= 11 is 0. The van der Waals surface area contributed by atoms with Gasteiger partial charge in [-0.15, -0.1) is 0 Å². The summed E-state index contributed by atoms with van der Waals surface area (Å²) in [4.78, 5) is 9.88. The maximum atomic E-state index is 10.7. The number of hydrogen-bond donors (Lipinski definition) is 4. The van der Waals surface area contributed by atoms with Crippen molar-refractivity contribution in [1.29, 1.82) is 0 Å². The zero-order chi connectivity index (χ0) is 27.6. The molecule has 0 unspecified atom stereocenters. The van der Waals surface area contributed by atoms with Gasteiger partial charge in [0.2, 0.25) is 12.2 Å². The molecule has 5 atom stereocenters. The Labute approximate surface area is 229 Å². The van der Waals surface area contributed by atoms with Crippen LogP contribution >= 0.6 is 0 Å². The van der Waals surface area contributed by atoms with Crippen LogP contribution in [0.15, 0.2) is 89.7 Å². The fraction of sp³-hybridized carbons (Fsp3) is 0.267. The van der Waals surface area contributed by atoms with Gasteiger partial charge in [-0.2, -0.15) is 0 Å². The largest absolute Gasteiger partial charge is 0.469 e. The van der Waals surface area contributed by atoms with Crippen LogP contribution in [0, 0.1) is 0 Å². The maximum Gasteiger partial charge on any atom is 0.231 e. The Morgan fingerprint density at radius 1 is 0.800 bits per heavy atom. The van der Waals surface area contributed by atoms with Crippen molar-refractivity contribution >= 4 is 5.65 Å². The Bertz CT molecular complexity index is 1560. The van der Waals surface area contributed by atoms with Crippen LogP contribution in [0.4, 0.5) is 0 Å². The molecule has 0 amide bonds. The molecule has 3 aromatic heterocycles. The second-order valence-electron chi connectivity index (χ2n) is 9.73. The molecule has 40 heavy (non-hydrogen) atoms. The number of nitrogens with zero attached hydrogens (tertiary/aromatic N) is 3. The average molecular weight is 544 g/mol. The lowest BCUT2D eigenvalue weighted by Crippen LogP contribution is -2.60. The van der Waals surface area contributed by atoms with E-state index in [1.54, 1.807) is 22.9 Å². The minimum absolute atomic E-state index is 0.254. The van der Waals surface area contributed by atoms with E-state index in [4.69, 9.17) is 23.9 Å². The summed E-state index contributed by atoms with van der Waals surface area (Å²) in [6, 6.07) is 23.2. The Hall–Kier alpha value is -4.06. The number of furan rings is 1. The third kappa shape index (κ3) is 5.10. The minimum atomic E-state index is -1.58. The molecule has 10 heteroatoms. The molecule has 6 rings (SSSR count). The molecule has 1 aliphatic heterocycles. The normalized spacial score (nSPS) is 22.9. The predicted octanol–water partition coefficient (Wildman–Crippen LogP) is 2.35. The summed E-state index contributed by atoms with van der Waals surface area (Å²) in [5.41, 5.74) is 4.36. The van der Waals surface area contributed by atoms with Crippen LogP contribution in [0.1, 0.15) is 22.7 Å². The number of aromatic nitrogens is 3. The Balaban J connectivity index is 1.50. The van der Waals surface area contributed by atoms with E-state index in [-0.39, 0.29) is 12.3 Å². The van der Waals surface area contributed by atoms with Gasteiger partial charge in [-0.05, 0) is 17.7 Å². The third-order valence-corrected chi connectivity index (χ3v) is 6.98. The van der Waals surface area contributed by atoms with E-state index >= 15 is 0 Å². The number of fused-ring (bicyclic) bond motifs is 1. The summed E-state index contributed by atoms with van der Waals surface area (Å²) in [5.74, 6) is 0.896. The zero-order valence-electron chi connectivity index (χ0n) is 21.4. The molecule has 0 radical (unpaired) electrons. The van der Waals surface area contributed by atoms with Crippen molar-refractivity contribution in [2.45, 2.75) is 43.5 Å². The minimum Gasteiger partial charge on any atom is -0.469 e. The Kier molecular flexibility index (Phi) is 7.33. The van der Waals surface area contributed by atoms with Crippen molar-refractivity contribution in [3.8, 4) is 17.1 Å². The highest BCUT2D eigenvalue weighted by molar-refractivity contribution is 5.63. The van der Waals surface area contributed by atoms with E-state index in [1.165, 1.54) is 0 Å². The molecule has 2 aromatic carbocycles. The number of imidazole rings is 1. The number of aliphatic hydroxyl groups excluding tert-OH is 4. The number of rotatable bonds is 8. The highest BCUT2D eigenvalue weighted by Crippen LogP contribution is 2.32. The number of hydrogen-bond acceptors (Lipinski definition) is 9. The maximum absolute atomic E-state index is 10.7. The van der Waals surface area contributed by atoms with Crippen LogP contribution in [-0.2, 0) is 17.6 Å². The zero-order valence-corrected chi connectivity index (χ0v) is 21.4. The van der Waals surface area contributed by atoms with E-state index in [0.717, 1.165) is 11.1 Å². The van der Waals surface area contributed by atoms with Crippen LogP contribution in [0.25, 0.3) is 16.9 Å². The van der Waals surface area contributed by atoms with Gasteiger partial charge in [-0.3, -0.25) is 4.40 Å². The molecule has 1 fully saturated rings. The quantitative estimate of drug-likeness (QED) is 0.232. The first kappa shape index (κ1) is 26.2. The third-order valence-electron chi connectivity index (χ3n) is 6.98. The molecule has 5 aromatic rings. The summed E-state index contributed by atoms with van der Waals surface area (Å²) in [7, 11) is 0. The summed E-state index contributed by atoms with van der Waals surface area (Å²) in [5, 5.41) is 41.0. The Morgan fingerprint density at radius 3 is 2.25 bits per heavy atom. The number of benzene rings is 2. The van der Waals surface area contributed by atoms with Gasteiger partial charge in [0.15, 0.2) is 5.65 Å². The van der Waals surface area contributed by atoms with Crippen LogP contribution in [0.5, 0.6) is 5.88 Å². The lowest BCUT2D eigenvalue weighted by Gasteiger charge is -2.39. The molecule has 4 N–H and O–H groups in total. The monoisotopic (exact) mass is 543 g/mol. The fourth-order valence-electron chi connectivity index (χ4n) is 4.88. The molecule has 10 nitrogen and oxygen atoms in total. The lowest BCUT2D eigenvalue weighted by atomic mass is 9.99. The lowest BCUT2D eigenvalue weighted by molar-refractivity contribution is -0.278. The first-order valence-electron chi connectivity index (χ1n) is 13.0. The van der Waals surface area contributed by atoms with Crippen LogP contribution < -0.4 is 4.74 Å². The number of aliphatic hydroxyl groups is 4. The molecular weight excluding hydrogens is 514 g/mol. The molecule has 1 aliphatic rings. The van der Waals surface area contributed by atoms with Crippen molar-refractivity contribution in [1.82, 2.24) is 14.4 Å². The molecule has 0 aliphatic carbocycles. The van der Waals surface area contributed by atoms with Crippen molar-refractivity contribution in [3.05, 3.63) is 108 Å². The summed E-state index contributed by atoms with van der Waals surface area (Å²) < 4.78 is 19.2. The summed E-state index contributed by atoms with van der Waals surface area (Å²) in [6.45, 7) is -0.569. The molecule has 0 saturated carbocycles. The fourth-order valence-corrected chi connectivity index (χ4v) is 4.88. The van der Waals surface area contributed by atoms with Gasteiger partial charge in [-0.25, -0.2) is 9.97 Å². The van der Waals surface area contributed by atoms with E-state index in [1.807, 2.05) is 66.7 Å². The molecule has 206 valence electrons. The molecule has 4 heterocycles. The first-order chi connectivity index (χ1) is 19.5. The SMILES string of the molecule is OC[C@H]1O[C@@H](Oc2c(Cc3ccco3)nc3c(Cc4ccccc4)nc(-c4ccccc4)cn23)[C@H](O)[C@@H](O)[C@@H]1O. The van der Waals surface area contributed by atoms with Gasteiger partial charge in [0.05, 0.1) is 30.7 Å². The first-order valence-corrected chi connectivity index (χ1v) is 13.0. The van der Waals surface area contributed by atoms with Crippen molar-refractivity contribution in [2.75, 3.05) is 6.61 Å². The average Bonchev–Trinajstić information content (AvgIpc) is 3.62. The van der Waals surface area contributed by atoms with Crippen LogP contribution in [0.2, 0.25) is 0 Å². The molecule has 0 spiro atoms. The molecule has 0 bridgehead atoms. The van der Waals surface area contributed by atoms with Crippen molar-refractivity contribution < 1.29 is 34.3 Å². The second-order valence-corrected chi connectivity index (χ2v) is 9.73. The second kappa shape index (κ2) is 11.2. The van der Waals surface area contributed by atoms with Gasteiger partial charge < -0.3 is 34.3 Å². The van der Waals surface area contributed by atoms with E-state index in [0.29, 0.717) is 34.9 Å². The van der Waals surface area contributed by atoms with Crippen LogP contribution in [0.3, 0.4) is 0 Å². The van der Waals surface area contributed by atoms with Gasteiger partial charge in [-0.1, -0.05) is 60.7 Å². The topological polar surface area (TPSA) is 143 Å². The van der Waals surface area contributed by atoms with Gasteiger partial charge >= 0.3 is 0 Å². The van der Waals surface area contributed by atoms with Gasteiger partial charge in [0.25, 0.3) is 0 Å². The highest BCUT2D eigenvalue weighted by Gasteiger charge is 2.45. The standard InChI is InChI=1S/C30H29N3O7/c34-17-24-25(35)26(36)27(37)30(39-24)40-29-22(15-20-12-7-13-38-20)32-28-21(14-18-8-3-1-4-9-18)31-23(16-33(28)29)19-10-5-2-6-11-19/h1-13,16,24-27,30,34-37H,14-15,17H2/t24-,25-,26+,27-,30+/m1/s1. The number of ether oxygens (including phenoxy) is 2. The molecule has 1 saturated heterocycles. The van der Waals surface area contributed by atoms with Crippen molar-refractivity contribution in [3.63, 3.8) is 0 Å². The van der Waals surface area contributed by atoms with E-state index in [9.17, 15) is 20.4 Å². The van der Waals surface area contributed by atoms with Crippen molar-refractivity contribution in [2.24, 2.45) is 0 Å².